The summed E-state index contributed by atoms with van der Waals surface area (Å²) in [5, 5.41) is 18.5. The average molecular weight is 439 g/mol. The van der Waals surface area contributed by atoms with Gasteiger partial charge in [0.15, 0.2) is 5.37 Å². The van der Waals surface area contributed by atoms with Gasteiger partial charge in [0.1, 0.15) is 24.3 Å². The van der Waals surface area contributed by atoms with Gasteiger partial charge in [0, 0.05) is 6.54 Å². The van der Waals surface area contributed by atoms with E-state index in [1.807, 2.05) is 30.3 Å². The zero-order valence-corrected chi connectivity index (χ0v) is 17.9. The van der Waals surface area contributed by atoms with Gasteiger partial charge in [-0.2, -0.15) is 0 Å². The predicted molar refractivity (Wildman–Crippen MR) is 117 cm³/mol. The molecule has 0 spiro atoms. The standard InChI is InChI=1S/C21H31N3O5S/c22-11-5-4-8-16(23)21(29)30-13-12-24(18(30)14-19(25)26)17(20(27)28)10-9-15-6-2-1-3-7-15/h1-3,6-7,16-18H,4-5,8-14,22-23H2,(H-,25,26,27,28)/p+1/t16-,17-,18-,30?/m0/s1. The number of benzene rings is 1. The van der Waals surface area contributed by atoms with Crippen molar-refractivity contribution < 1.29 is 24.6 Å². The van der Waals surface area contributed by atoms with Gasteiger partial charge in [0.2, 0.25) is 0 Å². The molecule has 1 heterocycles. The molecule has 9 heteroatoms. The number of carboxylic acid groups (broad SMARTS) is 2. The van der Waals surface area contributed by atoms with Crippen LogP contribution < -0.4 is 11.5 Å². The highest BCUT2D eigenvalue weighted by atomic mass is 32.2. The van der Waals surface area contributed by atoms with Gasteiger partial charge in [0.25, 0.3) is 0 Å². The Hall–Kier alpha value is -1.94. The molecule has 1 saturated heterocycles. The van der Waals surface area contributed by atoms with Crippen molar-refractivity contribution in [3.8, 4) is 0 Å². The number of carbonyl (C=O) groups excluding carboxylic acids is 1. The molecule has 1 aliphatic rings. The molecule has 0 bridgehead atoms. The van der Waals surface area contributed by atoms with Crippen molar-refractivity contribution in [2.24, 2.45) is 11.5 Å². The molecule has 0 radical (unpaired) electrons. The van der Waals surface area contributed by atoms with E-state index in [4.69, 9.17) is 11.5 Å². The highest BCUT2D eigenvalue weighted by molar-refractivity contribution is 8.11. The molecule has 4 atom stereocenters. The van der Waals surface area contributed by atoms with E-state index in [9.17, 15) is 24.6 Å². The minimum atomic E-state index is -1.04. The average Bonchev–Trinajstić information content (AvgIpc) is 3.10. The Morgan fingerprint density at radius 3 is 2.43 bits per heavy atom. The molecular weight excluding hydrogens is 406 g/mol. The Kier molecular flexibility index (Phi) is 9.77. The molecule has 8 nitrogen and oxygen atoms in total. The molecule has 166 valence electrons. The van der Waals surface area contributed by atoms with Crippen LogP contribution in [0.15, 0.2) is 30.3 Å². The molecule has 1 aromatic rings. The van der Waals surface area contributed by atoms with Crippen molar-refractivity contribution in [3.05, 3.63) is 35.9 Å². The molecule has 0 aromatic heterocycles. The second-order valence-electron chi connectivity index (χ2n) is 7.51. The summed E-state index contributed by atoms with van der Waals surface area (Å²) in [4.78, 5) is 38.2. The van der Waals surface area contributed by atoms with E-state index < -0.39 is 40.3 Å². The lowest BCUT2D eigenvalue weighted by Crippen LogP contribution is -2.49. The topological polar surface area (TPSA) is 147 Å². The summed E-state index contributed by atoms with van der Waals surface area (Å²) in [5.74, 6) is -1.58. The second-order valence-corrected chi connectivity index (χ2v) is 9.72. The Morgan fingerprint density at radius 2 is 1.83 bits per heavy atom. The van der Waals surface area contributed by atoms with Crippen LogP contribution in [-0.2, 0) is 31.7 Å². The summed E-state index contributed by atoms with van der Waals surface area (Å²) in [6.07, 6.45) is 2.68. The smallest absolute Gasteiger partial charge is 0.349 e. The molecule has 1 unspecified atom stereocenters. The molecule has 1 aliphatic heterocycles. The van der Waals surface area contributed by atoms with Gasteiger partial charge in [-0.15, -0.1) is 0 Å². The number of carbonyl (C=O) groups is 3. The van der Waals surface area contributed by atoms with Gasteiger partial charge in [-0.05, 0) is 44.2 Å². The largest absolute Gasteiger partial charge is 0.481 e. The van der Waals surface area contributed by atoms with Crippen molar-refractivity contribution in [1.29, 1.82) is 0 Å². The summed E-state index contributed by atoms with van der Waals surface area (Å²) >= 11 is 0. The fourth-order valence-corrected chi connectivity index (χ4v) is 6.38. The fraction of sp³-hybridized carbons (Fsp3) is 0.571. The van der Waals surface area contributed by atoms with Crippen molar-refractivity contribution in [2.75, 3.05) is 18.8 Å². The number of hydrogen-bond donors (Lipinski definition) is 4. The van der Waals surface area contributed by atoms with E-state index in [1.165, 1.54) is 0 Å². The molecule has 1 aromatic carbocycles. The van der Waals surface area contributed by atoms with E-state index in [0.717, 1.165) is 18.4 Å². The SMILES string of the molecule is NCCCC[C@H](N)C(=O)[S+]1CCN([C@@H](CCc2ccccc2)C(=O)O)[C@@H]1CC(=O)O. The van der Waals surface area contributed by atoms with Gasteiger partial charge in [-0.25, -0.2) is 9.69 Å². The van der Waals surface area contributed by atoms with Crippen LogP contribution in [0.1, 0.15) is 37.7 Å². The Balaban J connectivity index is 2.12. The molecular formula is C21H32N3O5S+. The molecule has 0 amide bonds. The lowest BCUT2D eigenvalue weighted by atomic mass is 10.0. The first kappa shape index (κ1) is 24.3. The lowest BCUT2D eigenvalue weighted by molar-refractivity contribution is -0.145. The van der Waals surface area contributed by atoms with E-state index >= 15 is 0 Å². The van der Waals surface area contributed by atoms with Gasteiger partial charge in [-0.3, -0.25) is 9.59 Å². The first-order valence-electron chi connectivity index (χ1n) is 10.3. The summed E-state index contributed by atoms with van der Waals surface area (Å²) in [6, 6.07) is 8.07. The summed E-state index contributed by atoms with van der Waals surface area (Å²) in [7, 11) is -0.895. The fourth-order valence-electron chi connectivity index (χ4n) is 3.81. The number of unbranched alkanes of at least 4 members (excludes halogenated alkanes) is 1. The monoisotopic (exact) mass is 438 g/mol. The van der Waals surface area contributed by atoms with Crippen molar-refractivity contribution >= 4 is 27.9 Å². The first-order chi connectivity index (χ1) is 14.3. The zero-order valence-electron chi connectivity index (χ0n) is 17.1. The lowest BCUT2D eigenvalue weighted by Gasteiger charge is -2.27. The number of nitrogens with zero attached hydrogens (tertiary/aromatic N) is 1. The zero-order chi connectivity index (χ0) is 22.1. The molecule has 1 fully saturated rings. The maximum atomic E-state index is 12.9. The number of aryl methyl sites for hydroxylation is 1. The number of aliphatic carboxylic acids is 2. The van der Waals surface area contributed by atoms with Crippen molar-refractivity contribution in [2.45, 2.75) is 56.0 Å². The van der Waals surface area contributed by atoms with Crippen molar-refractivity contribution in [3.63, 3.8) is 0 Å². The molecule has 6 N–H and O–H groups in total. The Labute approximate surface area is 180 Å². The van der Waals surface area contributed by atoms with E-state index in [-0.39, 0.29) is 11.5 Å². The predicted octanol–water partition coefficient (Wildman–Crippen LogP) is 0.790. The van der Waals surface area contributed by atoms with Crippen LogP contribution in [-0.4, -0.2) is 68.5 Å². The van der Waals surface area contributed by atoms with Gasteiger partial charge >= 0.3 is 17.1 Å². The molecule has 0 saturated carbocycles. The number of nitrogens with two attached hydrogens (primary N) is 2. The third-order valence-corrected chi connectivity index (χ3v) is 7.92. The highest BCUT2D eigenvalue weighted by Crippen LogP contribution is 2.29. The van der Waals surface area contributed by atoms with Crippen LogP contribution in [0.4, 0.5) is 0 Å². The first-order valence-corrected chi connectivity index (χ1v) is 11.7. The maximum Gasteiger partial charge on any atom is 0.349 e. The quantitative estimate of drug-likeness (QED) is 0.277. The number of rotatable bonds is 12. The number of hydrogen-bond acceptors (Lipinski definition) is 6. The normalized spacial score (nSPS) is 21.3. The van der Waals surface area contributed by atoms with E-state index in [2.05, 4.69) is 0 Å². The van der Waals surface area contributed by atoms with Crippen LogP contribution >= 0.6 is 0 Å². The van der Waals surface area contributed by atoms with Crippen LogP contribution in [0, 0.1) is 0 Å². The number of carboxylic acids is 2. The van der Waals surface area contributed by atoms with E-state index in [1.54, 1.807) is 4.90 Å². The minimum Gasteiger partial charge on any atom is -0.481 e. The summed E-state index contributed by atoms with van der Waals surface area (Å²) < 4.78 is 0. The maximum absolute atomic E-state index is 12.9. The summed E-state index contributed by atoms with van der Waals surface area (Å²) in [6.45, 7) is 0.915. The Morgan fingerprint density at radius 1 is 1.13 bits per heavy atom. The van der Waals surface area contributed by atoms with E-state index in [0.29, 0.717) is 38.1 Å². The van der Waals surface area contributed by atoms with Crippen LogP contribution in [0.5, 0.6) is 0 Å². The van der Waals surface area contributed by atoms with Crippen LogP contribution in [0.25, 0.3) is 0 Å². The van der Waals surface area contributed by atoms with Crippen LogP contribution in [0.3, 0.4) is 0 Å². The third kappa shape index (κ3) is 6.80. The van der Waals surface area contributed by atoms with Crippen molar-refractivity contribution in [1.82, 2.24) is 4.90 Å². The molecule has 2 rings (SSSR count). The Bertz CT molecular complexity index is 718. The van der Waals surface area contributed by atoms with Gasteiger partial charge in [0.05, 0.1) is 10.9 Å². The van der Waals surface area contributed by atoms with Gasteiger partial charge in [-0.1, -0.05) is 30.3 Å². The summed E-state index contributed by atoms with van der Waals surface area (Å²) in [5.41, 5.74) is 12.6. The highest BCUT2D eigenvalue weighted by Gasteiger charge is 2.53. The minimum absolute atomic E-state index is 0.145. The van der Waals surface area contributed by atoms with Crippen LogP contribution in [0.2, 0.25) is 0 Å². The molecule has 30 heavy (non-hydrogen) atoms. The third-order valence-electron chi connectivity index (χ3n) is 5.38. The van der Waals surface area contributed by atoms with Gasteiger partial charge < -0.3 is 21.7 Å². The molecule has 0 aliphatic carbocycles. The second kappa shape index (κ2) is 12.0.